The van der Waals surface area contributed by atoms with E-state index >= 15 is 0 Å². The number of hydrogen-bond acceptors (Lipinski definition) is 3. The summed E-state index contributed by atoms with van der Waals surface area (Å²) in [6.07, 6.45) is 0. The van der Waals surface area contributed by atoms with Gasteiger partial charge in [-0.05, 0) is 35.9 Å². The number of nitrogens with zero attached hydrogens (tertiary/aromatic N) is 1. The van der Waals surface area contributed by atoms with Crippen molar-refractivity contribution in [2.24, 2.45) is 0 Å². The largest absolute Gasteiger partial charge is 0.367 e. The van der Waals surface area contributed by atoms with Crippen LogP contribution in [-0.2, 0) is 0 Å². The molecule has 0 amide bonds. The Bertz CT molecular complexity index is 800. The summed E-state index contributed by atoms with van der Waals surface area (Å²) in [5, 5.41) is 4.04. The van der Waals surface area contributed by atoms with E-state index in [1.54, 1.807) is 12.1 Å². The first-order valence-electron chi connectivity index (χ1n) is 6.03. The van der Waals surface area contributed by atoms with E-state index < -0.39 is 0 Å². The summed E-state index contributed by atoms with van der Waals surface area (Å²) in [4.78, 5) is 0. The van der Waals surface area contributed by atoms with Crippen LogP contribution in [0.1, 0.15) is 0 Å². The second-order valence-corrected chi connectivity index (χ2v) is 6.17. The quantitative estimate of drug-likeness (QED) is 0.626. The number of anilines is 1. The summed E-state index contributed by atoms with van der Waals surface area (Å²) in [6, 6.07) is 11.8. The highest BCUT2D eigenvalue weighted by molar-refractivity contribution is 9.11. The Morgan fingerprint density at radius 3 is 2.48 bits per heavy atom. The van der Waals surface area contributed by atoms with Crippen LogP contribution in [0.5, 0.6) is 0 Å². The van der Waals surface area contributed by atoms with Crippen LogP contribution in [0.3, 0.4) is 0 Å². The maximum Gasteiger partial charge on any atom is 0.230 e. The lowest BCUT2D eigenvalue weighted by Crippen LogP contribution is -1.89. The molecule has 3 aromatic rings. The van der Waals surface area contributed by atoms with Crippen LogP contribution in [0.25, 0.3) is 22.4 Å². The number of rotatable bonds is 2. The van der Waals surface area contributed by atoms with Gasteiger partial charge in [-0.25, -0.2) is 4.39 Å². The van der Waals surface area contributed by atoms with Gasteiger partial charge in [0.15, 0.2) is 0 Å². The van der Waals surface area contributed by atoms with Crippen molar-refractivity contribution in [2.75, 3.05) is 5.73 Å². The topological polar surface area (TPSA) is 52.0 Å². The molecule has 2 aromatic carbocycles. The van der Waals surface area contributed by atoms with E-state index in [0.717, 1.165) is 20.1 Å². The molecule has 106 valence electrons. The van der Waals surface area contributed by atoms with E-state index in [4.69, 9.17) is 10.3 Å². The Balaban J connectivity index is 2.21. The van der Waals surface area contributed by atoms with Gasteiger partial charge in [-0.1, -0.05) is 49.1 Å². The highest BCUT2D eigenvalue weighted by Crippen LogP contribution is 2.39. The molecule has 0 aliphatic carbocycles. The number of benzene rings is 2. The van der Waals surface area contributed by atoms with E-state index in [0.29, 0.717) is 11.3 Å². The van der Waals surface area contributed by atoms with Crippen LogP contribution in [0.2, 0.25) is 0 Å². The maximum absolute atomic E-state index is 13.1. The predicted octanol–water partition coefficient (Wildman–Crippen LogP) is 5.25. The SMILES string of the molecule is Nc1onc(-c2cc(Br)ccc2Br)c1-c1ccc(F)cc1. The first kappa shape index (κ1) is 14.3. The van der Waals surface area contributed by atoms with E-state index in [1.807, 2.05) is 18.2 Å². The molecule has 6 heteroatoms. The molecule has 3 rings (SSSR count). The highest BCUT2D eigenvalue weighted by Gasteiger charge is 2.19. The molecule has 0 unspecified atom stereocenters. The lowest BCUT2D eigenvalue weighted by molar-refractivity contribution is 0.439. The third kappa shape index (κ3) is 2.73. The molecule has 0 fully saturated rings. The Morgan fingerprint density at radius 1 is 1.05 bits per heavy atom. The van der Waals surface area contributed by atoms with Crippen molar-refractivity contribution in [3.05, 3.63) is 57.2 Å². The fourth-order valence-electron chi connectivity index (χ4n) is 2.06. The number of nitrogens with two attached hydrogens (primary N) is 1. The zero-order valence-electron chi connectivity index (χ0n) is 10.6. The van der Waals surface area contributed by atoms with E-state index in [2.05, 4.69) is 37.0 Å². The lowest BCUT2D eigenvalue weighted by Gasteiger charge is -2.05. The molecule has 3 nitrogen and oxygen atoms in total. The minimum atomic E-state index is -0.307. The zero-order valence-corrected chi connectivity index (χ0v) is 13.8. The molecular weight excluding hydrogens is 403 g/mol. The van der Waals surface area contributed by atoms with Crippen LogP contribution in [-0.4, -0.2) is 5.16 Å². The monoisotopic (exact) mass is 410 g/mol. The van der Waals surface area contributed by atoms with Gasteiger partial charge in [0, 0.05) is 14.5 Å². The summed E-state index contributed by atoms with van der Waals surface area (Å²) >= 11 is 6.92. The van der Waals surface area contributed by atoms with Gasteiger partial charge in [0.25, 0.3) is 0 Å². The van der Waals surface area contributed by atoms with E-state index in [9.17, 15) is 4.39 Å². The number of aromatic nitrogens is 1. The third-order valence-electron chi connectivity index (χ3n) is 3.03. The van der Waals surface area contributed by atoms with Crippen LogP contribution in [0.4, 0.5) is 10.3 Å². The Hall–Kier alpha value is -1.66. The van der Waals surface area contributed by atoms with Crippen molar-refractivity contribution in [1.29, 1.82) is 0 Å². The molecule has 0 saturated heterocycles. The number of hydrogen-bond donors (Lipinski definition) is 1. The minimum Gasteiger partial charge on any atom is -0.367 e. The summed E-state index contributed by atoms with van der Waals surface area (Å²) < 4.78 is 20.0. The van der Waals surface area contributed by atoms with E-state index in [-0.39, 0.29) is 11.7 Å². The Labute approximate surface area is 137 Å². The summed E-state index contributed by atoms with van der Waals surface area (Å²) in [6.45, 7) is 0. The van der Waals surface area contributed by atoms with Crippen LogP contribution in [0, 0.1) is 5.82 Å². The lowest BCUT2D eigenvalue weighted by atomic mass is 10.0. The highest BCUT2D eigenvalue weighted by atomic mass is 79.9. The molecule has 2 N–H and O–H groups in total. The average Bonchev–Trinajstić information content (AvgIpc) is 2.84. The Kier molecular flexibility index (Phi) is 3.82. The summed E-state index contributed by atoms with van der Waals surface area (Å²) in [7, 11) is 0. The van der Waals surface area contributed by atoms with Gasteiger partial charge in [-0.2, -0.15) is 0 Å². The molecule has 0 saturated carbocycles. The van der Waals surface area contributed by atoms with Gasteiger partial charge >= 0.3 is 0 Å². The molecule has 21 heavy (non-hydrogen) atoms. The number of nitrogen functional groups attached to an aromatic ring is 1. The second kappa shape index (κ2) is 5.61. The van der Waals surface area contributed by atoms with Crippen LogP contribution in [0.15, 0.2) is 55.9 Å². The standard InChI is InChI=1S/C15H9Br2FN2O/c16-9-3-6-12(17)11(7-9)14-13(15(19)21-20-14)8-1-4-10(18)5-2-8/h1-7H,19H2. The van der Waals surface area contributed by atoms with Crippen molar-refractivity contribution in [3.8, 4) is 22.4 Å². The Morgan fingerprint density at radius 2 is 1.76 bits per heavy atom. The van der Waals surface area contributed by atoms with Gasteiger partial charge in [0.2, 0.25) is 5.88 Å². The van der Waals surface area contributed by atoms with Gasteiger partial charge in [-0.15, -0.1) is 0 Å². The van der Waals surface area contributed by atoms with Crippen molar-refractivity contribution < 1.29 is 8.91 Å². The van der Waals surface area contributed by atoms with Crippen molar-refractivity contribution in [1.82, 2.24) is 5.16 Å². The minimum absolute atomic E-state index is 0.198. The van der Waals surface area contributed by atoms with Crippen molar-refractivity contribution in [2.45, 2.75) is 0 Å². The van der Waals surface area contributed by atoms with Crippen LogP contribution < -0.4 is 5.73 Å². The van der Waals surface area contributed by atoms with Gasteiger partial charge < -0.3 is 10.3 Å². The first-order chi connectivity index (χ1) is 10.1. The smallest absolute Gasteiger partial charge is 0.230 e. The van der Waals surface area contributed by atoms with Crippen LogP contribution >= 0.6 is 31.9 Å². The van der Waals surface area contributed by atoms with E-state index in [1.165, 1.54) is 12.1 Å². The fraction of sp³-hybridized carbons (Fsp3) is 0. The fourth-order valence-corrected chi connectivity index (χ4v) is 2.86. The van der Waals surface area contributed by atoms with Gasteiger partial charge in [0.05, 0.1) is 5.56 Å². The normalized spacial score (nSPS) is 10.8. The van der Waals surface area contributed by atoms with Crippen molar-refractivity contribution >= 4 is 37.7 Å². The molecule has 1 heterocycles. The molecule has 0 aliphatic heterocycles. The first-order valence-corrected chi connectivity index (χ1v) is 7.61. The summed E-state index contributed by atoms with van der Waals surface area (Å²) in [5.74, 6) is -0.109. The summed E-state index contributed by atoms with van der Waals surface area (Å²) in [5.41, 5.74) is 8.72. The third-order valence-corrected chi connectivity index (χ3v) is 4.22. The van der Waals surface area contributed by atoms with Gasteiger partial charge in [0.1, 0.15) is 11.5 Å². The predicted molar refractivity (Wildman–Crippen MR) is 87.1 cm³/mol. The molecular formula is C15H9Br2FN2O. The van der Waals surface area contributed by atoms with Crippen molar-refractivity contribution in [3.63, 3.8) is 0 Å². The second-order valence-electron chi connectivity index (χ2n) is 4.40. The number of halogens is 3. The molecule has 0 radical (unpaired) electrons. The molecule has 0 aliphatic rings. The average molecular weight is 412 g/mol. The molecule has 0 spiro atoms. The van der Waals surface area contributed by atoms with Gasteiger partial charge in [-0.3, -0.25) is 0 Å². The molecule has 0 bridgehead atoms. The zero-order chi connectivity index (χ0) is 15.0. The molecule has 0 atom stereocenters. The maximum atomic E-state index is 13.1. The molecule has 1 aromatic heterocycles.